The summed E-state index contributed by atoms with van der Waals surface area (Å²) in [5, 5.41) is 4.23. The highest BCUT2D eigenvalue weighted by Gasteiger charge is 2.35. The van der Waals surface area contributed by atoms with Gasteiger partial charge in [-0.1, -0.05) is 0 Å². The summed E-state index contributed by atoms with van der Waals surface area (Å²) >= 11 is 0. The monoisotopic (exact) mass is 472 g/mol. The molecule has 0 unspecified atom stereocenters. The summed E-state index contributed by atoms with van der Waals surface area (Å²) in [4.78, 5) is 31.6. The molecule has 2 amide bonds. The number of amides is 2. The van der Waals surface area contributed by atoms with Gasteiger partial charge in [-0.15, -0.1) is 0 Å². The Kier molecular flexibility index (Phi) is 5.82. The first-order valence-electron chi connectivity index (χ1n) is 11.5. The fraction of sp³-hybridized carbons (Fsp3) is 0.259. The van der Waals surface area contributed by atoms with Crippen molar-refractivity contribution in [1.29, 1.82) is 0 Å². The second-order valence-electron chi connectivity index (χ2n) is 8.92. The van der Waals surface area contributed by atoms with E-state index in [1.807, 2.05) is 56.7 Å². The van der Waals surface area contributed by atoms with Gasteiger partial charge in [-0.2, -0.15) is 0 Å². The minimum atomic E-state index is -0.407. The molecule has 0 aliphatic carbocycles. The molecule has 0 saturated heterocycles. The molecule has 2 N–H and O–H groups in total. The van der Waals surface area contributed by atoms with Crippen LogP contribution in [0, 0.1) is 0 Å². The molecule has 0 spiro atoms. The van der Waals surface area contributed by atoms with Crippen molar-refractivity contribution in [2.24, 2.45) is 0 Å². The Hall–Kier alpha value is -4.04. The van der Waals surface area contributed by atoms with Crippen LogP contribution in [0.1, 0.15) is 17.5 Å². The smallest absolute Gasteiger partial charge is 0.259 e. The van der Waals surface area contributed by atoms with Crippen LogP contribution >= 0.6 is 0 Å². The number of aryl methyl sites for hydroxylation is 1. The van der Waals surface area contributed by atoms with Gasteiger partial charge in [-0.05, 0) is 57.4 Å². The molecule has 180 valence electrons. The Balaban J connectivity index is 1.72. The topological polar surface area (TPSA) is 88.6 Å². The maximum atomic E-state index is 13.2. The highest BCUT2D eigenvalue weighted by Crippen LogP contribution is 2.39. The summed E-state index contributed by atoms with van der Waals surface area (Å²) in [5.74, 6) is 0.608. The number of aromatic amines is 1. The van der Waals surface area contributed by atoms with Crippen molar-refractivity contribution in [3.8, 4) is 11.5 Å². The van der Waals surface area contributed by atoms with Crippen molar-refractivity contribution in [1.82, 2.24) is 19.8 Å². The number of nitrogens with zero attached hydrogens (tertiary/aromatic N) is 2. The number of fused-ring (bicyclic) bond motifs is 2. The van der Waals surface area contributed by atoms with E-state index in [1.165, 1.54) is 0 Å². The van der Waals surface area contributed by atoms with Crippen LogP contribution in [0.25, 0.3) is 33.0 Å². The lowest BCUT2D eigenvalue weighted by molar-refractivity contribution is -0.122. The number of rotatable bonds is 8. The highest BCUT2D eigenvalue weighted by molar-refractivity contribution is 6.50. The number of hydrogen-bond donors (Lipinski definition) is 2. The van der Waals surface area contributed by atoms with Gasteiger partial charge in [-0.25, -0.2) is 0 Å². The van der Waals surface area contributed by atoms with E-state index < -0.39 is 11.8 Å². The zero-order chi connectivity index (χ0) is 24.7. The number of carbonyl (C=O) groups excluding carboxylic acids is 2. The van der Waals surface area contributed by atoms with Gasteiger partial charge in [0.15, 0.2) is 0 Å². The zero-order valence-electron chi connectivity index (χ0n) is 20.3. The van der Waals surface area contributed by atoms with Gasteiger partial charge in [0.1, 0.15) is 11.5 Å². The van der Waals surface area contributed by atoms with E-state index in [0.29, 0.717) is 22.5 Å². The molecule has 5 rings (SSSR count). The van der Waals surface area contributed by atoms with E-state index >= 15 is 0 Å². The van der Waals surface area contributed by atoms with Gasteiger partial charge in [-0.3, -0.25) is 14.9 Å². The number of carbonyl (C=O) groups is 2. The number of imide groups is 1. The van der Waals surface area contributed by atoms with Crippen molar-refractivity contribution >= 4 is 44.8 Å². The zero-order valence-corrected chi connectivity index (χ0v) is 20.3. The van der Waals surface area contributed by atoms with Crippen LogP contribution in [0.2, 0.25) is 0 Å². The Morgan fingerprint density at radius 2 is 1.57 bits per heavy atom. The largest absolute Gasteiger partial charge is 0.497 e. The molecule has 0 atom stereocenters. The molecule has 3 heterocycles. The molecule has 35 heavy (non-hydrogen) atoms. The minimum Gasteiger partial charge on any atom is -0.497 e. The van der Waals surface area contributed by atoms with Gasteiger partial charge in [0.05, 0.1) is 30.9 Å². The van der Waals surface area contributed by atoms with E-state index in [-0.39, 0.29) is 0 Å². The van der Waals surface area contributed by atoms with Crippen molar-refractivity contribution in [3.63, 3.8) is 0 Å². The fourth-order valence-corrected chi connectivity index (χ4v) is 4.74. The predicted molar refractivity (Wildman–Crippen MR) is 136 cm³/mol. The number of nitrogens with one attached hydrogen (secondary N) is 2. The Bertz CT molecular complexity index is 1490. The van der Waals surface area contributed by atoms with Gasteiger partial charge in [0.2, 0.25) is 0 Å². The number of H-pyrrole nitrogens is 1. The first kappa shape index (κ1) is 22.7. The van der Waals surface area contributed by atoms with E-state index in [0.717, 1.165) is 52.6 Å². The molecule has 8 heteroatoms. The molecule has 8 nitrogen and oxygen atoms in total. The van der Waals surface area contributed by atoms with E-state index in [1.54, 1.807) is 20.4 Å². The normalized spacial score (nSPS) is 14.0. The van der Waals surface area contributed by atoms with Crippen LogP contribution in [0.4, 0.5) is 0 Å². The summed E-state index contributed by atoms with van der Waals surface area (Å²) < 4.78 is 13.0. The molecular formula is C27H28N4O4. The van der Waals surface area contributed by atoms with E-state index in [2.05, 4.69) is 19.8 Å². The summed E-state index contributed by atoms with van der Waals surface area (Å²) in [6.45, 7) is 1.70. The van der Waals surface area contributed by atoms with Gasteiger partial charge in [0, 0.05) is 52.4 Å². The van der Waals surface area contributed by atoms with Crippen molar-refractivity contribution in [2.45, 2.75) is 13.0 Å². The molecule has 0 saturated carbocycles. The minimum absolute atomic E-state index is 0.359. The van der Waals surface area contributed by atoms with E-state index in [9.17, 15) is 9.59 Å². The number of benzene rings is 2. The quantitative estimate of drug-likeness (QED) is 0.382. The van der Waals surface area contributed by atoms with Gasteiger partial charge in [0.25, 0.3) is 11.8 Å². The van der Waals surface area contributed by atoms with Crippen molar-refractivity contribution < 1.29 is 19.1 Å². The molecule has 2 aromatic carbocycles. The number of methoxy groups -OCH3 is 2. The first-order valence-corrected chi connectivity index (χ1v) is 11.5. The van der Waals surface area contributed by atoms with Crippen LogP contribution < -0.4 is 14.8 Å². The molecule has 4 aromatic rings. The molecule has 1 aliphatic heterocycles. The second kappa shape index (κ2) is 8.96. The van der Waals surface area contributed by atoms with Gasteiger partial charge < -0.3 is 23.9 Å². The van der Waals surface area contributed by atoms with Gasteiger partial charge >= 0.3 is 0 Å². The van der Waals surface area contributed by atoms with E-state index in [4.69, 9.17) is 9.47 Å². The van der Waals surface area contributed by atoms with Crippen LogP contribution in [-0.2, 0) is 16.1 Å². The van der Waals surface area contributed by atoms with Crippen LogP contribution in [0.3, 0.4) is 0 Å². The van der Waals surface area contributed by atoms with Crippen molar-refractivity contribution in [2.75, 3.05) is 34.9 Å². The van der Waals surface area contributed by atoms with Crippen LogP contribution in [0.15, 0.2) is 48.8 Å². The fourth-order valence-electron chi connectivity index (χ4n) is 4.74. The molecule has 2 aromatic heterocycles. The summed E-state index contributed by atoms with van der Waals surface area (Å²) in [7, 11) is 7.33. The Labute approximate surface area is 203 Å². The van der Waals surface area contributed by atoms with Crippen molar-refractivity contribution in [3.05, 3.63) is 59.9 Å². The lowest BCUT2D eigenvalue weighted by Crippen LogP contribution is -2.22. The number of hydrogen-bond acceptors (Lipinski definition) is 5. The average molecular weight is 473 g/mol. The third-order valence-electron chi connectivity index (χ3n) is 6.45. The highest BCUT2D eigenvalue weighted by atomic mass is 16.5. The SMILES string of the molecule is COc1ccc2[nH]cc(C3=C(c4cn(CCCN(C)C)c5cc(OC)ccc45)C(=O)NC3=O)c2c1. The average Bonchev–Trinajstić information content (AvgIpc) is 3.50. The maximum absolute atomic E-state index is 13.2. The Morgan fingerprint density at radius 1 is 0.886 bits per heavy atom. The second-order valence-corrected chi connectivity index (χ2v) is 8.92. The standard InChI is InChI=1S/C27H28N4O4/c1-30(2)10-5-11-31-15-21(18-8-6-17(35-4)13-23(18)31)25-24(26(32)29-27(25)33)20-14-28-22-9-7-16(34-3)12-19(20)22/h6-9,12-15,28H,5,10-11H2,1-4H3,(H,29,32,33). The molecular weight excluding hydrogens is 444 g/mol. The maximum Gasteiger partial charge on any atom is 0.259 e. The summed E-state index contributed by atoms with van der Waals surface area (Å²) in [6, 6.07) is 11.4. The molecule has 0 radical (unpaired) electrons. The van der Waals surface area contributed by atoms with Crippen LogP contribution in [0.5, 0.6) is 11.5 Å². The lowest BCUT2D eigenvalue weighted by Gasteiger charge is -2.10. The summed E-state index contributed by atoms with van der Waals surface area (Å²) in [6.07, 6.45) is 4.69. The summed E-state index contributed by atoms with van der Waals surface area (Å²) in [5.41, 5.74) is 3.94. The lowest BCUT2D eigenvalue weighted by atomic mass is 9.95. The third-order valence-corrected chi connectivity index (χ3v) is 6.45. The van der Waals surface area contributed by atoms with Crippen LogP contribution in [-0.4, -0.2) is 61.1 Å². The molecule has 0 bridgehead atoms. The first-order chi connectivity index (χ1) is 16.9. The predicted octanol–water partition coefficient (Wildman–Crippen LogP) is 3.66. The third kappa shape index (κ3) is 3.95. The number of ether oxygens (including phenoxy) is 2. The molecule has 1 aliphatic rings. The number of aromatic nitrogens is 2. The molecule has 0 fully saturated rings. The Morgan fingerprint density at radius 3 is 2.29 bits per heavy atom.